The molecule has 0 saturated heterocycles. The molecule has 5 heteroatoms. The zero-order chi connectivity index (χ0) is 17.9. The third kappa shape index (κ3) is 3.87. The van der Waals surface area contributed by atoms with Gasteiger partial charge in [-0.05, 0) is 50.3 Å². The summed E-state index contributed by atoms with van der Waals surface area (Å²) in [7, 11) is 0. The number of benzene rings is 1. The molecule has 1 aromatic carbocycles. The first-order valence-electron chi connectivity index (χ1n) is 9.35. The van der Waals surface area contributed by atoms with E-state index >= 15 is 0 Å². The first kappa shape index (κ1) is 17.9. The molecular weight excluding hydrogens is 316 g/mol. The van der Waals surface area contributed by atoms with Crippen LogP contribution in [0.15, 0.2) is 18.2 Å². The Morgan fingerprint density at radius 3 is 2.84 bits per heavy atom. The van der Waals surface area contributed by atoms with E-state index in [1.165, 1.54) is 0 Å². The van der Waals surface area contributed by atoms with Gasteiger partial charge in [-0.1, -0.05) is 25.0 Å². The van der Waals surface area contributed by atoms with Crippen molar-refractivity contribution in [3.05, 3.63) is 29.3 Å². The molecule has 0 bridgehead atoms. The lowest BCUT2D eigenvalue weighted by atomic mass is 9.81. The van der Waals surface area contributed by atoms with Crippen LogP contribution < -0.4 is 10.6 Å². The summed E-state index contributed by atoms with van der Waals surface area (Å²) in [4.78, 5) is 24.5. The molecular formula is C20H28N2O3. The van der Waals surface area contributed by atoms with Gasteiger partial charge in [0, 0.05) is 18.9 Å². The summed E-state index contributed by atoms with van der Waals surface area (Å²) < 4.78 is 5.50. The largest absolute Gasteiger partial charge is 0.382 e. The quantitative estimate of drug-likeness (QED) is 0.746. The van der Waals surface area contributed by atoms with Crippen LogP contribution >= 0.6 is 0 Å². The smallest absolute Gasteiger partial charge is 0.228 e. The fraction of sp³-hybridized carbons (Fsp3) is 0.600. The van der Waals surface area contributed by atoms with Gasteiger partial charge in [0.05, 0.1) is 17.9 Å². The minimum Gasteiger partial charge on any atom is -0.382 e. The molecule has 1 heterocycles. The van der Waals surface area contributed by atoms with Crippen LogP contribution in [-0.4, -0.2) is 25.0 Å². The lowest BCUT2D eigenvalue weighted by Crippen LogP contribution is -2.41. The van der Waals surface area contributed by atoms with Crippen molar-refractivity contribution in [2.45, 2.75) is 58.4 Å². The van der Waals surface area contributed by atoms with Crippen LogP contribution in [0.3, 0.4) is 0 Å². The van der Waals surface area contributed by atoms with E-state index in [1.54, 1.807) is 0 Å². The number of hydrogen-bond donors (Lipinski definition) is 2. The van der Waals surface area contributed by atoms with E-state index in [-0.39, 0.29) is 23.3 Å². The second-order valence-electron chi connectivity index (χ2n) is 7.27. The molecule has 1 aliphatic carbocycles. The molecule has 1 saturated carbocycles. The SMILES string of the molecule is CCOCCC1(C(=O)N[C@@H](C)c2ccc3c(c2)CC(=O)N3)CCCC1. The average Bonchev–Trinajstić information content (AvgIpc) is 3.20. The monoisotopic (exact) mass is 344 g/mol. The summed E-state index contributed by atoms with van der Waals surface area (Å²) in [6, 6.07) is 5.87. The van der Waals surface area contributed by atoms with E-state index < -0.39 is 0 Å². The second kappa shape index (κ2) is 7.56. The maximum Gasteiger partial charge on any atom is 0.228 e. The summed E-state index contributed by atoms with van der Waals surface area (Å²) in [5.41, 5.74) is 2.66. The van der Waals surface area contributed by atoms with Crippen LogP contribution in [0.2, 0.25) is 0 Å². The topological polar surface area (TPSA) is 67.4 Å². The summed E-state index contributed by atoms with van der Waals surface area (Å²) in [6.07, 6.45) is 5.33. The Labute approximate surface area is 149 Å². The van der Waals surface area contributed by atoms with Gasteiger partial charge in [-0.3, -0.25) is 9.59 Å². The summed E-state index contributed by atoms with van der Waals surface area (Å²) in [5.74, 6) is 0.177. The molecule has 1 aromatic rings. The normalized spacial score (nSPS) is 19.4. The molecule has 0 aromatic heterocycles. The number of hydrogen-bond acceptors (Lipinski definition) is 3. The number of carbonyl (C=O) groups excluding carboxylic acids is 2. The fourth-order valence-electron chi connectivity index (χ4n) is 4.01. The van der Waals surface area contributed by atoms with Gasteiger partial charge in [0.25, 0.3) is 0 Å². The van der Waals surface area contributed by atoms with Gasteiger partial charge in [-0.15, -0.1) is 0 Å². The Morgan fingerprint density at radius 2 is 2.12 bits per heavy atom. The lowest BCUT2D eigenvalue weighted by Gasteiger charge is -2.29. The number of fused-ring (bicyclic) bond motifs is 1. The van der Waals surface area contributed by atoms with Crippen LogP contribution in [0, 0.1) is 5.41 Å². The van der Waals surface area contributed by atoms with Gasteiger partial charge in [-0.2, -0.15) is 0 Å². The first-order valence-corrected chi connectivity index (χ1v) is 9.35. The minimum atomic E-state index is -0.280. The van der Waals surface area contributed by atoms with E-state index in [0.717, 1.165) is 48.9 Å². The maximum absolute atomic E-state index is 13.0. The zero-order valence-corrected chi connectivity index (χ0v) is 15.2. The van der Waals surface area contributed by atoms with Crippen LogP contribution in [0.4, 0.5) is 5.69 Å². The van der Waals surface area contributed by atoms with Gasteiger partial charge >= 0.3 is 0 Å². The first-order chi connectivity index (χ1) is 12.0. The molecule has 1 atom stereocenters. The molecule has 3 rings (SSSR count). The van der Waals surface area contributed by atoms with E-state index in [1.807, 2.05) is 32.0 Å². The molecule has 1 aliphatic heterocycles. The van der Waals surface area contributed by atoms with E-state index in [2.05, 4.69) is 10.6 Å². The van der Waals surface area contributed by atoms with E-state index in [4.69, 9.17) is 4.74 Å². The molecule has 2 amide bonds. The van der Waals surface area contributed by atoms with Gasteiger partial charge in [-0.25, -0.2) is 0 Å². The van der Waals surface area contributed by atoms with Gasteiger partial charge in [0.1, 0.15) is 0 Å². The number of nitrogens with one attached hydrogen (secondary N) is 2. The van der Waals surface area contributed by atoms with Crippen molar-refractivity contribution in [1.29, 1.82) is 0 Å². The van der Waals surface area contributed by atoms with Crippen molar-refractivity contribution >= 4 is 17.5 Å². The third-order valence-corrected chi connectivity index (χ3v) is 5.57. The molecule has 5 nitrogen and oxygen atoms in total. The van der Waals surface area contributed by atoms with Crippen LogP contribution in [-0.2, 0) is 20.7 Å². The fourth-order valence-corrected chi connectivity index (χ4v) is 4.01. The Bertz CT molecular complexity index is 650. The number of amides is 2. The number of anilines is 1. The third-order valence-electron chi connectivity index (χ3n) is 5.57. The van der Waals surface area contributed by atoms with Gasteiger partial charge < -0.3 is 15.4 Å². The Morgan fingerprint density at radius 1 is 1.36 bits per heavy atom. The van der Waals surface area contributed by atoms with Crippen LogP contribution in [0.25, 0.3) is 0 Å². The molecule has 2 N–H and O–H groups in total. The second-order valence-corrected chi connectivity index (χ2v) is 7.27. The Kier molecular flexibility index (Phi) is 5.42. The van der Waals surface area contributed by atoms with Crippen molar-refractivity contribution < 1.29 is 14.3 Å². The van der Waals surface area contributed by atoms with E-state index in [0.29, 0.717) is 19.6 Å². The Balaban J connectivity index is 1.67. The number of carbonyl (C=O) groups is 2. The predicted molar refractivity (Wildman–Crippen MR) is 97.3 cm³/mol. The van der Waals surface area contributed by atoms with Crippen molar-refractivity contribution in [3.63, 3.8) is 0 Å². The zero-order valence-electron chi connectivity index (χ0n) is 15.2. The molecule has 136 valence electrons. The molecule has 0 unspecified atom stereocenters. The van der Waals surface area contributed by atoms with Gasteiger partial charge in [0.15, 0.2) is 0 Å². The highest BCUT2D eigenvalue weighted by Gasteiger charge is 2.41. The molecule has 2 aliphatic rings. The Hall–Kier alpha value is -1.88. The maximum atomic E-state index is 13.0. The standard InChI is InChI=1S/C20H28N2O3/c1-3-25-11-10-20(8-4-5-9-20)19(24)21-14(2)15-6-7-17-16(12-15)13-18(23)22-17/h6-7,12,14H,3-5,8-11,13H2,1-2H3,(H,21,24)(H,22,23)/t14-/m0/s1. The molecule has 0 radical (unpaired) electrons. The minimum absolute atomic E-state index is 0.0321. The number of rotatable bonds is 7. The summed E-state index contributed by atoms with van der Waals surface area (Å²) in [6.45, 7) is 5.33. The average molecular weight is 344 g/mol. The van der Waals surface area contributed by atoms with Crippen LogP contribution in [0.1, 0.15) is 63.1 Å². The lowest BCUT2D eigenvalue weighted by molar-refractivity contribution is -0.132. The highest BCUT2D eigenvalue weighted by Crippen LogP contribution is 2.42. The van der Waals surface area contributed by atoms with Gasteiger partial charge in [0.2, 0.25) is 11.8 Å². The molecule has 1 fully saturated rings. The molecule has 0 spiro atoms. The summed E-state index contributed by atoms with van der Waals surface area (Å²) >= 11 is 0. The van der Waals surface area contributed by atoms with Crippen molar-refractivity contribution in [1.82, 2.24) is 5.32 Å². The van der Waals surface area contributed by atoms with Crippen molar-refractivity contribution in [2.24, 2.45) is 5.41 Å². The highest BCUT2D eigenvalue weighted by atomic mass is 16.5. The van der Waals surface area contributed by atoms with Crippen molar-refractivity contribution in [3.8, 4) is 0 Å². The summed E-state index contributed by atoms with van der Waals surface area (Å²) in [5, 5.41) is 6.05. The highest BCUT2D eigenvalue weighted by molar-refractivity contribution is 5.99. The predicted octanol–water partition coefficient (Wildman–Crippen LogP) is 3.35. The van der Waals surface area contributed by atoms with E-state index in [9.17, 15) is 9.59 Å². The van der Waals surface area contributed by atoms with Crippen molar-refractivity contribution in [2.75, 3.05) is 18.5 Å². The van der Waals surface area contributed by atoms with Crippen LogP contribution in [0.5, 0.6) is 0 Å². The number of ether oxygens (including phenoxy) is 1. The molecule has 25 heavy (non-hydrogen) atoms.